The molecule has 46 heavy (non-hydrogen) atoms. The number of fused-ring (bicyclic) bond motifs is 1. The van der Waals surface area contributed by atoms with Crippen LogP contribution in [0.1, 0.15) is 42.7 Å². The third kappa shape index (κ3) is 5.78. The number of carbonyl (C=O) groups is 3. The van der Waals surface area contributed by atoms with E-state index in [0.29, 0.717) is 78.3 Å². The third-order valence-corrected chi connectivity index (χ3v) is 9.05. The Bertz CT molecular complexity index is 1730. The fourth-order valence-corrected chi connectivity index (χ4v) is 6.69. The lowest BCUT2D eigenvalue weighted by Gasteiger charge is -2.44. The maximum Gasteiger partial charge on any atom is 0.325 e. The molecular weight excluding hydrogens is 608 g/mol. The number of aromatic nitrogens is 2. The number of piperazine rings is 1. The molecule has 1 N–H and O–H groups in total. The molecule has 0 spiro atoms. The molecule has 6 rings (SSSR count). The Kier molecular flexibility index (Phi) is 8.69. The number of anilines is 2. The molecular formula is C33H35ClN8O4. The number of likely N-dealkylation sites (N-methyl/N-ethyl adjacent to an activating group) is 1. The summed E-state index contributed by atoms with van der Waals surface area (Å²) >= 11 is 6.13. The van der Waals surface area contributed by atoms with Crippen molar-refractivity contribution in [3.8, 4) is 23.2 Å². The Balaban J connectivity index is 1.36. The van der Waals surface area contributed by atoms with Gasteiger partial charge in [0.05, 0.1) is 46.9 Å². The molecule has 2 aromatic heterocycles. The van der Waals surface area contributed by atoms with E-state index in [4.69, 9.17) is 21.3 Å². The topological polar surface area (TPSA) is 135 Å². The van der Waals surface area contributed by atoms with Crippen molar-refractivity contribution in [1.82, 2.24) is 25.1 Å². The van der Waals surface area contributed by atoms with E-state index in [2.05, 4.69) is 28.2 Å². The van der Waals surface area contributed by atoms with Crippen LogP contribution < -0.4 is 19.9 Å². The predicted octanol–water partition coefficient (Wildman–Crippen LogP) is 3.94. The van der Waals surface area contributed by atoms with Crippen LogP contribution in [0.25, 0.3) is 11.3 Å². The van der Waals surface area contributed by atoms with Crippen LogP contribution >= 0.6 is 11.6 Å². The zero-order valence-electron chi connectivity index (χ0n) is 25.9. The largest absolute Gasteiger partial charge is 0.477 e. The smallest absolute Gasteiger partial charge is 0.325 e. The Morgan fingerprint density at radius 3 is 2.61 bits per heavy atom. The normalized spacial score (nSPS) is 21.0. The minimum absolute atomic E-state index is 0.0261. The fourth-order valence-electron chi connectivity index (χ4n) is 6.52. The molecule has 3 saturated heterocycles. The van der Waals surface area contributed by atoms with Gasteiger partial charge in [-0.3, -0.25) is 14.5 Å². The number of pyridine rings is 2. The highest BCUT2D eigenvalue weighted by molar-refractivity contribution is 6.30. The zero-order valence-corrected chi connectivity index (χ0v) is 26.7. The monoisotopic (exact) mass is 642 g/mol. The summed E-state index contributed by atoms with van der Waals surface area (Å²) in [5.41, 5.74) is 2.91. The molecule has 3 fully saturated rings. The number of nitrogens with zero attached hydrogens (tertiary/aromatic N) is 7. The molecule has 3 aromatic rings. The lowest BCUT2D eigenvalue weighted by atomic mass is 10.0. The molecule has 3 atom stereocenters. The van der Waals surface area contributed by atoms with Crippen LogP contribution in [0.2, 0.25) is 5.02 Å². The molecule has 0 unspecified atom stereocenters. The van der Waals surface area contributed by atoms with Crippen LogP contribution in [-0.2, 0) is 4.79 Å². The Labute approximate surface area is 272 Å². The number of urea groups is 1. The number of likely N-dealkylation sites (tertiary alicyclic amines) is 1. The lowest BCUT2D eigenvalue weighted by Crippen LogP contribution is -2.58. The number of hydrogen-bond acceptors (Lipinski definition) is 8. The van der Waals surface area contributed by atoms with Crippen LogP contribution in [0.5, 0.6) is 5.88 Å². The second kappa shape index (κ2) is 12.8. The number of halogens is 1. The summed E-state index contributed by atoms with van der Waals surface area (Å²) < 4.78 is 5.76. The van der Waals surface area contributed by atoms with Crippen molar-refractivity contribution >= 4 is 40.8 Å². The first-order chi connectivity index (χ1) is 22.2. The SMILES string of the molecule is CCOc1ncccc1-c1ccc(N2C[C@H]3CN(c4ccc(Cl)cc4C#N)C(=O)N3C[C@H]2CC)c(C(=O)N[C@@H]2CC(=O)N(C)C2)n1. The number of rotatable bonds is 8. The molecule has 0 radical (unpaired) electrons. The highest BCUT2D eigenvalue weighted by Crippen LogP contribution is 2.36. The van der Waals surface area contributed by atoms with Crippen molar-refractivity contribution in [2.24, 2.45) is 0 Å². The van der Waals surface area contributed by atoms with E-state index in [9.17, 15) is 19.6 Å². The average molecular weight is 643 g/mol. The predicted molar refractivity (Wildman–Crippen MR) is 173 cm³/mol. The molecule has 5 heterocycles. The van der Waals surface area contributed by atoms with Gasteiger partial charge in [0.2, 0.25) is 11.8 Å². The van der Waals surface area contributed by atoms with Crippen molar-refractivity contribution in [2.45, 2.75) is 44.8 Å². The summed E-state index contributed by atoms with van der Waals surface area (Å²) in [6.07, 6.45) is 2.58. The maximum atomic E-state index is 14.0. The van der Waals surface area contributed by atoms with Crippen LogP contribution in [0.15, 0.2) is 48.7 Å². The quantitative estimate of drug-likeness (QED) is 0.391. The summed E-state index contributed by atoms with van der Waals surface area (Å²) in [5.74, 6) is 0.0121. The number of benzene rings is 1. The number of amides is 4. The second-order valence-electron chi connectivity index (χ2n) is 11.7. The first-order valence-electron chi connectivity index (χ1n) is 15.4. The summed E-state index contributed by atoms with van der Waals surface area (Å²) in [6.45, 7) is 6.04. The number of nitrogens with one attached hydrogen (secondary N) is 1. The third-order valence-electron chi connectivity index (χ3n) is 8.81. The number of nitriles is 1. The molecule has 3 aliphatic heterocycles. The van der Waals surface area contributed by atoms with Crippen molar-refractivity contribution in [3.63, 3.8) is 0 Å². The Hall–Kier alpha value is -4.89. The molecule has 238 valence electrons. The average Bonchev–Trinajstić information content (AvgIpc) is 3.56. The molecule has 3 aliphatic rings. The molecule has 0 aliphatic carbocycles. The van der Waals surface area contributed by atoms with E-state index in [0.717, 1.165) is 0 Å². The first kappa shape index (κ1) is 31.1. The fraction of sp³-hybridized carbons (Fsp3) is 0.394. The minimum atomic E-state index is -0.381. The highest BCUT2D eigenvalue weighted by Gasteiger charge is 2.45. The molecule has 12 nitrogen and oxygen atoms in total. The zero-order chi connectivity index (χ0) is 32.5. The van der Waals surface area contributed by atoms with E-state index in [-0.39, 0.29) is 48.1 Å². The van der Waals surface area contributed by atoms with Gasteiger partial charge < -0.3 is 24.8 Å². The van der Waals surface area contributed by atoms with Gasteiger partial charge in [0.1, 0.15) is 6.07 Å². The second-order valence-corrected chi connectivity index (χ2v) is 12.1. The van der Waals surface area contributed by atoms with Crippen LogP contribution in [0.3, 0.4) is 0 Å². The number of hydrogen-bond donors (Lipinski definition) is 1. The number of carbonyl (C=O) groups excluding carboxylic acids is 3. The lowest BCUT2D eigenvalue weighted by molar-refractivity contribution is -0.126. The van der Waals surface area contributed by atoms with Gasteiger partial charge in [0.25, 0.3) is 5.91 Å². The van der Waals surface area contributed by atoms with Crippen molar-refractivity contribution in [1.29, 1.82) is 5.26 Å². The van der Waals surface area contributed by atoms with Crippen LogP contribution in [0, 0.1) is 11.3 Å². The van der Waals surface area contributed by atoms with Crippen molar-refractivity contribution in [2.75, 3.05) is 49.6 Å². The molecule has 0 bridgehead atoms. The summed E-state index contributed by atoms with van der Waals surface area (Å²) in [6, 6.07) is 13.7. The Morgan fingerprint density at radius 2 is 1.89 bits per heavy atom. The van der Waals surface area contributed by atoms with E-state index in [1.54, 1.807) is 47.3 Å². The molecule has 13 heteroatoms. The van der Waals surface area contributed by atoms with Crippen molar-refractivity contribution < 1.29 is 19.1 Å². The van der Waals surface area contributed by atoms with E-state index in [1.165, 1.54) is 0 Å². The molecule has 4 amide bonds. The molecule has 0 saturated carbocycles. The first-order valence-corrected chi connectivity index (χ1v) is 15.8. The number of ether oxygens (including phenoxy) is 1. The van der Waals surface area contributed by atoms with Gasteiger partial charge in [-0.05, 0) is 55.8 Å². The highest BCUT2D eigenvalue weighted by atomic mass is 35.5. The van der Waals surface area contributed by atoms with Crippen molar-refractivity contribution in [3.05, 3.63) is 64.9 Å². The summed E-state index contributed by atoms with van der Waals surface area (Å²) in [4.78, 5) is 56.4. The Morgan fingerprint density at radius 1 is 1.09 bits per heavy atom. The summed E-state index contributed by atoms with van der Waals surface area (Å²) in [7, 11) is 1.72. The van der Waals surface area contributed by atoms with E-state index < -0.39 is 0 Å². The molecule has 1 aromatic carbocycles. The van der Waals surface area contributed by atoms with Gasteiger partial charge in [-0.2, -0.15) is 5.26 Å². The van der Waals surface area contributed by atoms with E-state index in [1.807, 2.05) is 30.0 Å². The minimum Gasteiger partial charge on any atom is -0.477 e. The van der Waals surface area contributed by atoms with Gasteiger partial charge in [0, 0.05) is 56.9 Å². The van der Waals surface area contributed by atoms with Gasteiger partial charge in [0.15, 0.2) is 5.69 Å². The standard InChI is InChI=1S/C33H35ClN8O4/c1-4-23-17-41-24(19-42(33(41)45)27-10-8-21(34)13-20(27)15-35)18-40(23)28-11-9-26(25-7-6-12-36-32(25)46-5-2)38-30(28)31(44)37-22-14-29(43)39(3)16-22/h6-13,22-24H,4-5,14,16-19H2,1-3H3,(H,37,44)/t22-,23-,24+/m1/s1. The van der Waals surface area contributed by atoms with Gasteiger partial charge in [-0.1, -0.05) is 18.5 Å². The van der Waals surface area contributed by atoms with Crippen LogP contribution in [0.4, 0.5) is 16.2 Å². The van der Waals surface area contributed by atoms with E-state index >= 15 is 0 Å². The van der Waals surface area contributed by atoms with Gasteiger partial charge in [-0.25, -0.2) is 14.8 Å². The van der Waals surface area contributed by atoms with Gasteiger partial charge >= 0.3 is 6.03 Å². The maximum absolute atomic E-state index is 14.0. The summed E-state index contributed by atoms with van der Waals surface area (Å²) in [5, 5.41) is 13.2. The van der Waals surface area contributed by atoms with Crippen LogP contribution in [-0.4, -0.2) is 95.6 Å². The van der Waals surface area contributed by atoms with Gasteiger partial charge in [-0.15, -0.1) is 0 Å².